The molecule has 1 aromatic rings. The minimum atomic E-state index is 0.216. The van der Waals surface area contributed by atoms with Crippen molar-refractivity contribution >= 4 is 31.9 Å². The predicted octanol–water partition coefficient (Wildman–Crippen LogP) is 4.77. The van der Waals surface area contributed by atoms with Crippen molar-refractivity contribution in [1.29, 1.82) is 0 Å². The van der Waals surface area contributed by atoms with Gasteiger partial charge in [-0.3, -0.25) is 0 Å². The lowest BCUT2D eigenvalue weighted by atomic mass is 9.81. The topological polar surface area (TPSA) is 0 Å². The summed E-state index contributed by atoms with van der Waals surface area (Å²) in [7, 11) is 0. The molecule has 14 heavy (non-hydrogen) atoms. The molecule has 0 saturated carbocycles. The molecule has 0 unspecified atom stereocenters. The van der Waals surface area contributed by atoms with Crippen LogP contribution in [0.4, 0.5) is 0 Å². The van der Waals surface area contributed by atoms with Gasteiger partial charge in [0.25, 0.3) is 0 Å². The highest BCUT2D eigenvalue weighted by Gasteiger charge is 2.20. The van der Waals surface area contributed by atoms with E-state index in [1.54, 1.807) is 0 Å². The molecule has 0 heterocycles. The van der Waals surface area contributed by atoms with E-state index >= 15 is 0 Å². The molecule has 0 saturated heterocycles. The molecule has 1 rings (SSSR count). The molecule has 0 atom stereocenters. The lowest BCUT2D eigenvalue weighted by Crippen LogP contribution is -2.16. The van der Waals surface area contributed by atoms with E-state index in [1.807, 2.05) is 0 Å². The quantitative estimate of drug-likeness (QED) is 0.688. The van der Waals surface area contributed by atoms with Crippen LogP contribution >= 0.6 is 31.9 Å². The summed E-state index contributed by atoms with van der Waals surface area (Å²) in [5.74, 6) is 0. The van der Waals surface area contributed by atoms with Crippen molar-refractivity contribution < 1.29 is 0 Å². The fourth-order valence-electron chi connectivity index (χ4n) is 1.84. The summed E-state index contributed by atoms with van der Waals surface area (Å²) in [5, 5.41) is 1.86. The standard InChI is InChI=1S/C12H16Br2/c1-12(2,3)11-9(7-13)5-4-6-10(11)8-14/h4-6H,7-8H2,1-3H3. The molecule has 0 spiro atoms. The molecule has 0 N–H and O–H groups in total. The van der Waals surface area contributed by atoms with Gasteiger partial charge in [0.2, 0.25) is 0 Å². The maximum atomic E-state index is 3.55. The lowest BCUT2D eigenvalue weighted by Gasteiger charge is -2.25. The maximum absolute atomic E-state index is 3.55. The van der Waals surface area contributed by atoms with Gasteiger partial charge in [0.15, 0.2) is 0 Å². The van der Waals surface area contributed by atoms with E-state index in [0.717, 1.165) is 10.7 Å². The molecule has 0 fully saturated rings. The average molecular weight is 320 g/mol. The zero-order valence-electron chi connectivity index (χ0n) is 8.90. The first-order valence-electron chi connectivity index (χ1n) is 4.74. The second-order valence-electron chi connectivity index (χ2n) is 4.47. The highest BCUT2D eigenvalue weighted by Crippen LogP contribution is 2.31. The van der Waals surface area contributed by atoms with Crippen LogP contribution < -0.4 is 0 Å². The van der Waals surface area contributed by atoms with Crippen molar-refractivity contribution in [3.63, 3.8) is 0 Å². The van der Waals surface area contributed by atoms with Gasteiger partial charge in [0, 0.05) is 10.7 Å². The van der Waals surface area contributed by atoms with E-state index in [-0.39, 0.29) is 5.41 Å². The summed E-state index contributed by atoms with van der Waals surface area (Å²) in [6, 6.07) is 6.52. The first-order valence-corrected chi connectivity index (χ1v) is 6.98. The van der Waals surface area contributed by atoms with Crippen molar-refractivity contribution in [3.8, 4) is 0 Å². The molecule has 0 amide bonds. The molecule has 1 aromatic carbocycles. The Morgan fingerprint density at radius 1 is 1.00 bits per heavy atom. The number of alkyl halides is 2. The summed E-state index contributed by atoms with van der Waals surface area (Å²) < 4.78 is 0. The van der Waals surface area contributed by atoms with Gasteiger partial charge in [0.05, 0.1) is 0 Å². The SMILES string of the molecule is CC(C)(C)c1c(CBr)cccc1CBr. The fourth-order valence-corrected chi connectivity index (χ4v) is 2.77. The van der Waals surface area contributed by atoms with E-state index in [1.165, 1.54) is 16.7 Å². The van der Waals surface area contributed by atoms with E-state index in [2.05, 4.69) is 70.8 Å². The van der Waals surface area contributed by atoms with Gasteiger partial charge < -0.3 is 0 Å². The minimum Gasteiger partial charge on any atom is -0.0876 e. The fraction of sp³-hybridized carbons (Fsp3) is 0.500. The van der Waals surface area contributed by atoms with Crippen molar-refractivity contribution in [2.45, 2.75) is 36.8 Å². The van der Waals surface area contributed by atoms with Crippen LogP contribution in [0.15, 0.2) is 18.2 Å². The van der Waals surface area contributed by atoms with Crippen LogP contribution in [0.5, 0.6) is 0 Å². The van der Waals surface area contributed by atoms with Crippen molar-refractivity contribution in [2.24, 2.45) is 0 Å². The molecule has 78 valence electrons. The van der Waals surface area contributed by atoms with E-state index in [4.69, 9.17) is 0 Å². The molecule has 0 aromatic heterocycles. The van der Waals surface area contributed by atoms with Crippen LogP contribution in [0.1, 0.15) is 37.5 Å². The number of halogens is 2. The second kappa shape index (κ2) is 4.80. The van der Waals surface area contributed by atoms with E-state index in [9.17, 15) is 0 Å². The Labute approximate surface area is 103 Å². The third-order valence-electron chi connectivity index (χ3n) is 2.27. The predicted molar refractivity (Wildman–Crippen MR) is 70.4 cm³/mol. The molecule has 0 nitrogen and oxygen atoms in total. The van der Waals surface area contributed by atoms with Gasteiger partial charge in [-0.15, -0.1) is 0 Å². The Bertz CT molecular complexity index is 288. The second-order valence-corrected chi connectivity index (χ2v) is 5.59. The Kier molecular flexibility index (Phi) is 4.20. The molecule has 0 bridgehead atoms. The molecule has 2 heteroatoms. The van der Waals surface area contributed by atoms with Gasteiger partial charge >= 0.3 is 0 Å². The van der Waals surface area contributed by atoms with E-state index < -0.39 is 0 Å². The van der Waals surface area contributed by atoms with Gasteiger partial charge in [-0.2, -0.15) is 0 Å². The van der Waals surface area contributed by atoms with Crippen LogP contribution in [0.25, 0.3) is 0 Å². The Hall–Kier alpha value is 0.180. The number of benzene rings is 1. The molecule has 0 aliphatic rings. The minimum absolute atomic E-state index is 0.216. The van der Waals surface area contributed by atoms with Gasteiger partial charge in [0.1, 0.15) is 0 Å². The summed E-state index contributed by atoms with van der Waals surface area (Å²) in [4.78, 5) is 0. The first kappa shape index (κ1) is 12.3. The highest BCUT2D eigenvalue weighted by atomic mass is 79.9. The normalized spacial score (nSPS) is 11.8. The molecular formula is C12H16Br2. The van der Waals surface area contributed by atoms with Crippen molar-refractivity contribution in [1.82, 2.24) is 0 Å². The average Bonchev–Trinajstić information content (AvgIpc) is 2.15. The van der Waals surface area contributed by atoms with Gasteiger partial charge in [-0.25, -0.2) is 0 Å². The zero-order chi connectivity index (χ0) is 10.8. The third kappa shape index (κ3) is 2.60. The summed E-state index contributed by atoms with van der Waals surface area (Å²) in [6.07, 6.45) is 0. The monoisotopic (exact) mass is 318 g/mol. The van der Waals surface area contributed by atoms with E-state index in [0.29, 0.717) is 0 Å². The van der Waals surface area contributed by atoms with Gasteiger partial charge in [-0.1, -0.05) is 70.8 Å². The maximum Gasteiger partial charge on any atom is 0.0286 e. The highest BCUT2D eigenvalue weighted by molar-refractivity contribution is 9.08. The number of rotatable bonds is 2. The molecule has 0 aliphatic carbocycles. The first-order chi connectivity index (χ1) is 6.50. The Morgan fingerprint density at radius 2 is 1.43 bits per heavy atom. The molecular weight excluding hydrogens is 304 g/mol. The smallest absolute Gasteiger partial charge is 0.0286 e. The lowest BCUT2D eigenvalue weighted by molar-refractivity contribution is 0.581. The van der Waals surface area contributed by atoms with Crippen LogP contribution in [0.3, 0.4) is 0 Å². The number of hydrogen-bond acceptors (Lipinski definition) is 0. The van der Waals surface area contributed by atoms with Crippen LogP contribution in [0.2, 0.25) is 0 Å². The summed E-state index contributed by atoms with van der Waals surface area (Å²) in [6.45, 7) is 6.79. The summed E-state index contributed by atoms with van der Waals surface area (Å²) in [5.41, 5.74) is 4.48. The van der Waals surface area contributed by atoms with Crippen molar-refractivity contribution in [2.75, 3.05) is 0 Å². The molecule has 0 radical (unpaired) electrons. The third-order valence-corrected chi connectivity index (χ3v) is 3.48. The largest absolute Gasteiger partial charge is 0.0876 e. The van der Waals surface area contributed by atoms with Gasteiger partial charge in [-0.05, 0) is 22.1 Å². The summed E-state index contributed by atoms with van der Waals surface area (Å²) >= 11 is 7.10. The number of hydrogen-bond donors (Lipinski definition) is 0. The van der Waals surface area contributed by atoms with Crippen LogP contribution in [-0.2, 0) is 16.1 Å². The van der Waals surface area contributed by atoms with Crippen LogP contribution in [-0.4, -0.2) is 0 Å². The zero-order valence-corrected chi connectivity index (χ0v) is 12.1. The Morgan fingerprint density at radius 3 is 1.71 bits per heavy atom. The Balaban J connectivity index is 3.34. The van der Waals surface area contributed by atoms with Crippen LogP contribution in [0, 0.1) is 0 Å². The van der Waals surface area contributed by atoms with Crippen molar-refractivity contribution in [3.05, 3.63) is 34.9 Å². The molecule has 0 aliphatic heterocycles.